The van der Waals surface area contributed by atoms with Crippen molar-refractivity contribution in [2.45, 2.75) is 51.7 Å². The molecule has 0 radical (unpaired) electrons. The third kappa shape index (κ3) is 3.54. The van der Waals surface area contributed by atoms with Crippen LogP contribution in [0.1, 0.15) is 62.2 Å². The molecule has 1 aliphatic rings. The van der Waals surface area contributed by atoms with Crippen LogP contribution in [0.4, 0.5) is 4.39 Å². The van der Waals surface area contributed by atoms with E-state index in [9.17, 15) is 14.3 Å². The zero-order valence-electron chi connectivity index (χ0n) is 17.0. The minimum Gasteiger partial charge on any atom is -0.467 e. The van der Waals surface area contributed by atoms with Gasteiger partial charge in [0.1, 0.15) is 5.82 Å². The standard InChI is InChI=1S/C22H27FN2O3/c1-12(2)18-17(19(26)21(27)28-5)16(13-6-8-14(23)9-7-13)15-10-24-11-22(3,4)20(15)25-18/h6-9,12,19,24,26H,10-11H2,1-5H3. The number of ether oxygens (including phenoxy) is 1. The predicted molar refractivity (Wildman–Crippen MR) is 105 cm³/mol. The van der Waals surface area contributed by atoms with Gasteiger partial charge < -0.3 is 15.2 Å². The number of methoxy groups -OCH3 is 1. The lowest BCUT2D eigenvalue weighted by molar-refractivity contribution is -0.150. The quantitative estimate of drug-likeness (QED) is 0.786. The lowest BCUT2D eigenvalue weighted by Crippen LogP contribution is -2.40. The lowest BCUT2D eigenvalue weighted by atomic mass is 9.77. The highest BCUT2D eigenvalue weighted by Crippen LogP contribution is 2.42. The molecule has 1 atom stereocenters. The summed E-state index contributed by atoms with van der Waals surface area (Å²) in [6, 6.07) is 6.11. The van der Waals surface area contributed by atoms with Gasteiger partial charge in [-0.3, -0.25) is 4.98 Å². The van der Waals surface area contributed by atoms with Crippen molar-refractivity contribution in [3.63, 3.8) is 0 Å². The number of carbonyl (C=O) groups is 1. The van der Waals surface area contributed by atoms with Crippen molar-refractivity contribution in [3.8, 4) is 11.1 Å². The second kappa shape index (κ2) is 7.60. The van der Waals surface area contributed by atoms with Gasteiger partial charge in [0, 0.05) is 24.1 Å². The smallest absolute Gasteiger partial charge is 0.339 e. The van der Waals surface area contributed by atoms with Crippen LogP contribution < -0.4 is 5.32 Å². The molecular formula is C22H27FN2O3. The van der Waals surface area contributed by atoms with Gasteiger partial charge in [0.05, 0.1) is 18.5 Å². The average molecular weight is 386 g/mol. The Kier molecular flexibility index (Phi) is 5.55. The van der Waals surface area contributed by atoms with E-state index < -0.39 is 12.1 Å². The van der Waals surface area contributed by atoms with E-state index >= 15 is 0 Å². The molecule has 1 unspecified atom stereocenters. The summed E-state index contributed by atoms with van der Waals surface area (Å²) in [6.07, 6.45) is -1.47. The second-order valence-corrected chi connectivity index (χ2v) is 8.19. The van der Waals surface area contributed by atoms with Crippen molar-refractivity contribution in [1.82, 2.24) is 10.3 Å². The van der Waals surface area contributed by atoms with Crippen LogP contribution in [0.5, 0.6) is 0 Å². The molecule has 6 heteroatoms. The summed E-state index contributed by atoms with van der Waals surface area (Å²) in [5, 5.41) is 14.2. The highest BCUT2D eigenvalue weighted by atomic mass is 19.1. The van der Waals surface area contributed by atoms with Gasteiger partial charge in [-0.2, -0.15) is 0 Å². The van der Waals surface area contributed by atoms with E-state index in [4.69, 9.17) is 9.72 Å². The molecule has 0 saturated heterocycles. The Bertz CT molecular complexity index is 892. The van der Waals surface area contributed by atoms with E-state index in [1.807, 2.05) is 13.8 Å². The molecule has 1 aromatic heterocycles. The van der Waals surface area contributed by atoms with Gasteiger partial charge in [-0.25, -0.2) is 9.18 Å². The number of fused-ring (bicyclic) bond motifs is 1. The van der Waals surface area contributed by atoms with E-state index in [1.165, 1.54) is 19.2 Å². The molecule has 150 valence electrons. The van der Waals surface area contributed by atoms with E-state index in [2.05, 4.69) is 19.2 Å². The van der Waals surface area contributed by atoms with Crippen LogP contribution in [-0.2, 0) is 21.5 Å². The van der Waals surface area contributed by atoms with Crippen LogP contribution in [0.25, 0.3) is 11.1 Å². The SMILES string of the molecule is COC(=O)C(O)c1c(C(C)C)nc2c(c1-c1ccc(F)cc1)CNCC2(C)C. The zero-order valence-corrected chi connectivity index (χ0v) is 17.0. The number of aliphatic hydroxyl groups excluding tert-OH is 1. The molecule has 0 fully saturated rings. The number of nitrogens with one attached hydrogen (secondary N) is 1. The first-order chi connectivity index (χ1) is 13.2. The van der Waals surface area contributed by atoms with Crippen molar-refractivity contribution in [2.75, 3.05) is 13.7 Å². The number of aliphatic hydroxyl groups is 1. The van der Waals surface area contributed by atoms with Crippen LogP contribution in [-0.4, -0.2) is 29.7 Å². The number of esters is 1. The van der Waals surface area contributed by atoms with Crippen molar-refractivity contribution < 1.29 is 19.0 Å². The van der Waals surface area contributed by atoms with Crippen molar-refractivity contribution in [2.24, 2.45) is 0 Å². The van der Waals surface area contributed by atoms with Crippen LogP contribution >= 0.6 is 0 Å². The van der Waals surface area contributed by atoms with Crippen LogP contribution in [0.3, 0.4) is 0 Å². The number of rotatable bonds is 4. The summed E-state index contributed by atoms with van der Waals surface area (Å²) >= 11 is 0. The minimum atomic E-state index is -1.47. The molecule has 5 nitrogen and oxygen atoms in total. The first-order valence-corrected chi connectivity index (χ1v) is 9.47. The number of carbonyl (C=O) groups excluding carboxylic acids is 1. The number of halogens is 1. The molecular weight excluding hydrogens is 359 g/mol. The fourth-order valence-corrected chi connectivity index (χ4v) is 3.87. The normalized spacial score (nSPS) is 16.6. The fourth-order valence-electron chi connectivity index (χ4n) is 3.87. The molecule has 2 heterocycles. The van der Waals surface area contributed by atoms with Gasteiger partial charge in [0.25, 0.3) is 0 Å². The maximum atomic E-state index is 13.6. The van der Waals surface area contributed by atoms with Gasteiger partial charge in [0.2, 0.25) is 0 Å². The summed E-state index contributed by atoms with van der Waals surface area (Å²) < 4.78 is 18.4. The monoisotopic (exact) mass is 386 g/mol. The van der Waals surface area contributed by atoms with Crippen LogP contribution in [0.2, 0.25) is 0 Å². The first kappa shape index (κ1) is 20.4. The summed E-state index contributed by atoms with van der Waals surface area (Å²) in [5.74, 6) is -1.11. The van der Waals surface area contributed by atoms with Crippen molar-refractivity contribution >= 4 is 5.97 Å². The van der Waals surface area contributed by atoms with Crippen molar-refractivity contribution in [3.05, 3.63) is 52.6 Å². The van der Waals surface area contributed by atoms with E-state index in [1.54, 1.807) is 12.1 Å². The third-order valence-corrected chi connectivity index (χ3v) is 5.25. The summed E-state index contributed by atoms with van der Waals surface area (Å²) in [4.78, 5) is 17.2. The van der Waals surface area contributed by atoms with Gasteiger partial charge in [-0.15, -0.1) is 0 Å². The number of pyridine rings is 1. The average Bonchev–Trinajstić information content (AvgIpc) is 2.66. The molecule has 28 heavy (non-hydrogen) atoms. The number of hydrogen-bond acceptors (Lipinski definition) is 5. The second-order valence-electron chi connectivity index (χ2n) is 8.19. The minimum absolute atomic E-state index is 0.0236. The summed E-state index contributed by atoms with van der Waals surface area (Å²) in [6.45, 7) is 9.50. The largest absolute Gasteiger partial charge is 0.467 e. The Balaban J connectivity index is 2.42. The predicted octanol–water partition coefficient (Wildman–Crippen LogP) is 3.60. The third-order valence-electron chi connectivity index (χ3n) is 5.25. The summed E-state index contributed by atoms with van der Waals surface area (Å²) in [5.41, 5.74) is 4.20. The molecule has 0 aliphatic carbocycles. The van der Waals surface area contributed by atoms with Crippen LogP contribution in [0, 0.1) is 5.82 Å². The van der Waals surface area contributed by atoms with Crippen LogP contribution in [0.15, 0.2) is 24.3 Å². The number of benzene rings is 1. The number of aromatic nitrogens is 1. The molecule has 0 spiro atoms. The molecule has 0 amide bonds. The van der Waals surface area contributed by atoms with E-state index in [0.29, 0.717) is 17.8 Å². The van der Waals surface area contributed by atoms with E-state index in [0.717, 1.165) is 28.9 Å². The Hall–Kier alpha value is -2.31. The van der Waals surface area contributed by atoms with Gasteiger partial charge >= 0.3 is 5.97 Å². The first-order valence-electron chi connectivity index (χ1n) is 9.47. The molecule has 3 rings (SSSR count). The fraction of sp³-hybridized carbons (Fsp3) is 0.455. The Morgan fingerprint density at radius 3 is 2.50 bits per heavy atom. The topological polar surface area (TPSA) is 71.5 Å². The number of nitrogens with zero attached hydrogens (tertiary/aromatic N) is 1. The Morgan fingerprint density at radius 2 is 1.93 bits per heavy atom. The maximum Gasteiger partial charge on any atom is 0.339 e. The molecule has 2 aromatic rings. The van der Waals surface area contributed by atoms with Gasteiger partial charge in [0.15, 0.2) is 6.10 Å². The van der Waals surface area contributed by atoms with E-state index in [-0.39, 0.29) is 17.2 Å². The molecule has 2 N–H and O–H groups in total. The Morgan fingerprint density at radius 1 is 1.29 bits per heavy atom. The molecule has 0 bridgehead atoms. The highest BCUT2D eigenvalue weighted by molar-refractivity contribution is 5.83. The van der Waals surface area contributed by atoms with Gasteiger partial charge in [-0.05, 0) is 34.7 Å². The summed E-state index contributed by atoms with van der Waals surface area (Å²) in [7, 11) is 1.24. The molecule has 1 aromatic carbocycles. The molecule has 1 aliphatic heterocycles. The highest BCUT2D eigenvalue weighted by Gasteiger charge is 2.36. The zero-order chi connectivity index (χ0) is 20.6. The lowest BCUT2D eigenvalue weighted by Gasteiger charge is -2.36. The molecule has 0 saturated carbocycles. The van der Waals surface area contributed by atoms with Crippen molar-refractivity contribution in [1.29, 1.82) is 0 Å². The Labute approximate surface area is 165 Å². The maximum absolute atomic E-state index is 13.6. The number of hydrogen-bond donors (Lipinski definition) is 2. The van der Waals surface area contributed by atoms with Gasteiger partial charge in [-0.1, -0.05) is 39.8 Å².